The van der Waals surface area contributed by atoms with Crippen LogP contribution < -0.4 is 5.73 Å². The molecule has 0 saturated carbocycles. The van der Waals surface area contributed by atoms with Gasteiger partial charge in [0.25, 0.3) is 0 Å². The van der Waals surface area contributed by atoms with E-state index in [2.05, 4.69) is 24.2 Å². The lowest BCUT2D eigenvalue weighted by Gasteiger charge is -2.06. The third-order valence-corrected chi connectivity index (χ3v) is 2.32. The van der Waals surface area contributed by atoms with Crippen molar-refractivity contribution in [2.24, 2.45) is 5.73 Å². The number of rotatable bonds is 5. The second-order valence-corrected chi connectivity index (χ2v) is 3.21. The van der Waals surface area contributed by atoms with Crippen LogP contribution in [0, 0.1) is 0 Å². The van der Waals surface area contributed by atoms with Gasteiger partial charge in [-0.1, -0.05) is 19.1 Å². The van der Waals surface area contributed by atoms with E-state index in [0.29, 0.717) is 12.5 Å². The molecule has 1 rings (SSSR count). The summed E-state index contributed by atoms with van der Waals surface area (Å²) in [6.45, 7) is 5.73. The first-order valence-electron chi connectivity index (χ1n) is 4.91. The lowest BCUT2D eigenvalue weighted by atomic mass is 10.0. The predicted octanol–water partition coefficient (Wildman–Crippen LogP) is 1.14. The molecule has 0 bridgehead atoms. The third-order valence-electron chi connectivity index (χ3n) is 2.32. The van der Waals surface area contributed by atoms with Crippen LogP contribution in [0.15, 0.2) is 6.20 Å². The maximum Gasteiger partial charge on any atom is 0.0857 e. The summed E-state index contributed by atoms with van der Waals surface area (Å²) >= 11 is 0. The Morgan fingerprint density at radius 2 is 2.15 bits per heavy atom. The standard InChI is InChI=1S/C9H18N4/c1-3-8(4-2)9-7-13(6-5-10)12-11-9/h7-8H,3-6,10H2,1-2H3. The van der Waals surface area contributed by atoms with Gasteiger partial charge in [0.15, 0.2) is 0 Å². The monoisotopic (exact) mass is 182 g/mol. The maximum absolute atomic E-state index is 5.42. The van der Waals surface area contributed by atoms with Crippen molar-refractivity contribution in [3.8, 4) is 0 Å². The van der Waals surface area contributed by atoms with E-state index < -0.39 is 0 Å². The Balaban J connectivity index is 2.66. The first-order valence-corrected chi connectivity index (χ1v) is 4.91. The second-order valence-electron chi connectivity index (χ2n) is 3.21. The number of aromatic nitrogens is 3. The van der Waals surface area contributed by atoms with Crippen molar-refractivity contribution in [2.45, 2.75) is 39.2 Å². The first kappa shape index (κ1) is 10.2. The highest BCUT2D eigenvalue weighted by molar-refractivity contribution is 5.00. The molecule has 0 fully saturated rings. The Morgan fingerprint density at radius 3 is 2.69 bits per heavy atom. The predicted molar refractivity (Wildman–Crippen MR) is 52.4 cm³/mol. The van der Waals surface area contributed by atoms with Crippen molar-refractivity contribution in [3.05, 3.63) is 11.9 Å². The molecule has 0 saturated heterocycles. The minimum atomic E-state index is 0.548. The zero-order chi connectivity index (χ0) is 9.68. The van der Waals surface area contributed by atoms with E-state index in [1.165, 1.54) is 0 Å². The van der Waals surface area contributed by atoms with E-state index >= 15 is 0 Å². The molecule has 13 heavy (non-hydrogen) atoms. The SMILES string of the molecule is CCC(CC)c1cn(CCN)nn1. The molecule has 1 aromatic rings. The van der Waals surface area contributed by atoms with Gasteiger partial charge < -0.3 is 5.73 Å². The van der Waals surface area contributed by atoms with Crippen LogP contribution in [0.4, 0.5) is 0 Å². The fourth-order valence-electron chi connectivity index (χ4n) is 1.45. The van der Waals surface area contributed by atoms with Crippen LogP contribution in [0.25, 0.3) is 0 Å². The maximum atomic E-state index is 5.42. The number of hydrogen-bond acceptors (Lipinski definition) is 3. The van der Waals surface area contributed by atoms with Gasteiger partial charge >= 0.3 is 0 Å². The van der Waals surface area contributed by atoms with Crippen molar-refractivity contribution in [1.82, 2.24) is 15.0 Å². The molecular weight excluding hydrogens is 164 g/mol. The summed E-state index contributed by atoms with van der Waals surface area (Å²) in [6, 6.07) is 0. The molecule has 1 heterocycles. The molecule has 4 nitrogen and oxygen atoms in total. The lowest BCUT2D eigenvalue weighted by Crippen LogP contribution is -2.10. The van der Waals surface area contributed by atoms with Crippen LogP contribution in [0.3, 0.4) is 0 Å². The third kappa shape index (κ3) is 2.52. The van der Waals surface area contributed by atoms with Crippen LogP contribution >= 0.6 is 0 Å². The van der Waals surface area contributed by atoms with Gasteiger partial charge in [-0.05, 0) is 12.8 Å². The summed E-state index contributed by atoms with van der Waals surface area (Å²) < 4.78 is 1.81. The van der Waals surface area contributed by atoms with E-state index in [-0.39, 0.29) is 0 Å². The lowest BCUT2D eigenvalue weighted by molar-refractivity contribution is 0.596. The van der Waals surface area contributed by atoms with E-state index in [4.69, 9.17) is 5.73 Å². The normalized spacial score (nSPS) is 11.1. The van der Waals surface area contributed by atoms with Gasteiger partial charge in [-0.15, -0.1) is 5.10 Å². The molecule has 0 aliphatic carbocycles. The summed E-state index contributed by atoms with van der Waals surface area (Å²) in [4.78, 5) is 0. The highest BCUT2D eigenvalue weighted by atomic mass is 15.4. The van der Waals surface area contributed by atoms with Crippen LogP contribution in [-0.4, -0.2) is 21.5 Å². The van der Waals surface area contributed by atoms with Gasteiger partial charge in [0.2, 0.25) is 0 Å². The van der Waals surface area contributed by atoms with Crippen molar-refractivity contribution >= 4 is 0 Å². The molecule has 4 heteroatoms. The molecule has 0 aliphatic rings. The molecule has 0 radical (unpaired) electrons. The van der Waals surface area contributed by atoms with E-state index in [1.807, 2.05) is 10.9 Å². The highest BCUT2D eigenvalue weighted by Gasteiger charge is 2.10. The molecule has 0 atom stereocenters. The summed E-state index contributed by atoms with van der Waals surface area (Å²) in [5, 5.41) is 8.14. The summed E-state index contributed by atoms with van der Waals surface area (Å²) in [5.74, 6) is 0.548. The van der Waals surface area contributed by atoms with Crippen LogP contribution in [0.2, 0.25) is 0 Å². The minimum Gasteiger partial charge on any atom is -0.329 e. The quantitative estimate of drug-likeness (QED) is 0.743. The van der Waals surface area contributed by atoms with Crippen LogP contribution in [0.5, 0.6) is 0 Å². The highest BCUT2D eigenvalue weighted by Crippen LogP contribution is 2.19. The molecule has 1 aromatic heterocycles. The largest absolute Gasteiger partial charge is 0.329 e. The second kappa shape index (κ2) is 4.97. The molecule has 0 aromatic carbocycles. The van der Waals surface area contributed by atoms with Crippen LogP contribution in [-0.2, 0) is 6.54 Å². The Morgan fingerprint density at radius 1 is 1.46 bits per heavy atom. The van der Waals surface area contributed by atoms with Gasteiger partial charge in [-0.2, -0.15) is 0 Å². The summed E-state index contributed by atoms with van der Waals surface area (Å²) in [7, 11) is 0. The van der Waals surface area contributed by atoms with Crippen LogP contribution in [0.1, 0.15) is 38.3 Å². The summed E-state index contributed by atoms with van der Waals surface area (Å²) in [6.07, 6.45) is 4.25. The number of nitrogens with two attached hydrogens (primary N) is 1. The molecular formula is C9H18N4. The van der Waals surface area contributed by atoms with Gasteiger partial charge in [0.05, 0.1) is 12.2 Å². The van der Waals surface area contributed by atoms with Crippen molar-refractivity contribution in [2.75, 3.05) is 6.54 Å². The van der Waals surface area contributed by atoms with E-state index in [9.17, 15) is 0 Å². The zero-order valence-electron chi connectivity index (χ0n) is 8.40. The Kier molecular flexibility index (Phi) is 3.89. The average molecular weight is 182 g/mol. The van der Waals surface area contributed by atoms with Gasteiger partial charge in [-0.25, -0.2) is 0 Å². The fourth-order valence-corrected chi connectivity index (χ4v) is 1.45. The zero-order valence-corrected chi connectivity index (χ0v) is 8.40. The molecule has 2 N–H and O–H groups in total. The molecule has 0 amide bonds. The molecule has 0 spiro atoms. The van der Waals surface area contributed by atoms with E-state index in [1.54, 1.807) is 0 Å². The van der Waals surface area contributed by atoms with Crippen molar-refractivity contribution < 1.29 is 0 Å². The molecule has 0 aliphatic heterocycles. The fraction of sp³-hybridized carbons (Fsp3) is 0.778. The van der Waals surface area contributed by atoms with Gasteiger partial charge in [-0.3, -0.25) is 4.68 Å². The van der Waals surface area contributed by atoms with Gasteiger partial charge in [0, 0.05) is 18.7 Å². The first-order chi connectivity index (χ1) is 6.31. The number of hydrogen-bond donors (Lipinski definition) is 1. The Labute approximate surface area is 79.1 Å². The average Bonchev–Trinajstić information content (AvgIpc) is 2.56. The van der Waals surface area contributed by atoms with E-state index in [0.717, 1.165) is 25.1 Å². The van der Waals surface area contributed by atoms with Crippen molar-refractivity contribution in [3.63, 3.8) is 0 Å². The Hall–Kier alpha value is -0.900. The Bertz CT molecular complexity index is 240. The van der Waals surface area contributed by atoms with Crippen molar-refractivity contribution in [1.29, 1.82) is 0 Å². The summed E-state index contributed by atoms with van der Waals surface area (Å²) in [5.41, 5.74) is 6.52. The number of nitrogens with zero attached hydrogens (tertiary/aromatic N) is 3. The van der Waals surface area contributed by atoms with Gasteiger partial charge in [0.1, 0.15) is 0 Å². The smallest absolute Gasteiger partial charge is 0.0857 e. The topological polar surface area (TPSA) is 56.7 Å². The minimum absolute atomic E-state index is 0.548. The molecule has 74 valence electrons. The molecule has 0 unspecified atom stereocenters.